The molecular weight excluding hydrogens is 222 g/mol. The summed E-state index contributed by atoms with van der Waals surface area (Å²) in [7, 11) is 0. The number of nitrogens with zero attached hydrogens (tertiary/aromatic N) is 1. The largest absolute Gasteiger partial charge is 0.370 e. The summed E-state index contributed by atoms with van der Waals surface area (Å²) in [6.07, 6.45) is 3.93. The molecule has 0 aliphatic rings. The summed E-state index contributed by atoms with van der Waals surface area (Å²) in [5, 5.41) is 7.32. The summed E-state index contributed by atoms with van der Waals surface area (Å²) < 4.78 is 0. The van der Waals surface area contributed by atoms with Gasteiger partial charge in [-0.25, -0.2) is 4.98 Å². The van der Waals surface area contributed by atoms with Crippen LogP contribution in [-0.2, 0) is 6.54 Å². The molecular formula is C12H20ClN3. The molecule has 0 aromatic carbocycles. The molecule has 1 rings (SSSR count). The maximum absolute atomic E-state index is 6.08. The van der Waals surface area contributed by atoms with E-state index in [9.17, 15) is 0 Å². The lowest BCUT2D eigenvalue weighted by atomic mass is 10.2. The molecule has 4 heteroatoms. The molecule has 90 valence electrons. The van der Waals surface area contributed by atoms with Crippen LogP contribution in [-0.4, -0.2) is 18.1 Å². The molecule has 0 radical (unpaired) electrons. The molecule has 3 nitrogen and oxygen atoms in total. The van der Waals surface area contributed by atoms with Gasteiger partial charge in [-0.05, 0) is 31.0 Å². The first kappa shape index (κ1) is 13.3. The molecule has 0 atom stereocenters. The van der Waals surface area contributed by atoms with Crippen LogP contribution in [0.2, 0.25) is 5.02 Å². The SMILES string of the molecule is CCCNCc1cc(NCCC)ncc1Cl. The van der Waals surface area contributed by atoms with Crippen LogP contribution in [0.5, 0.6) is 0 Å². The highest BCUT2D eigenvalue weighted by Gasteiger charge is 2.02. The fourth-order valence-electron chi connectivity index (χ4n) is 1.37. The standard InChI is InChI=1S/C12H20ClN3/c1-3-5-14-8-10-7-12(15-6-4-2)16-9-11(10)13/h7,9,14H,3-6,8H2,1-2H3,(H,15,16). The smallest absolute Gasteiger partial charge is 0.126 e. The average molecular weight is 242 g/mol. The van der Waals surface area contributed by atoms with Gasteiger partial charge in [0.05, 0.1) is 5.02 Å². The summed E-state index contributed by atoms with van der Waals surface area (Å²) in [6.45, 7) is 7.03. The Hall–Kier alpha value is -0.800. The van der Waals surface area contributed by atoms with Gasteiger partial charge < -0.3 is 10.6 Å². The van der Waals surface area contributed by atoms with E-state index in [2.05, 4.69) is 29.5 Å². The Kier molecular flexibility index (Phi) is 6.19. The lowest BCUT2D eigenvalue weighted by molar-refractivity contribution is 0.675. The lowest BCUT2D eigenvalue weighted by Gasteiger charge is -2.09. The predicted octanol–water partition coefficient (Wildman–Crippen LogP) is 3.06. The summed E-state index contributed by atoms with van der Waals surface area (Å²) in [5.74, 6) is 0.902. The molecule has 0 amide bonds. The van der Waals surface area contributed by atoms with Crippen LogP contribution < -0.4 is 10.6 Å². The molecule has 16 heavy (non-hydrogen) atoms. The molecule has 1 aromatic rings. The quantitative estimate of drug-likeness (QED) is 0.721. The number of rotatable bonds is 7. The summed E-state index contributed by atoms with van der Waals surface area (Å²) >= 11 is 6.08. The van der Waals surface area contributed by atoms with Crippen molar-refractivity contribution in [2.75, 3.05) is 18.4 Å². The van der Waals surface area contributed by atoms with E-state index in [1.165, 1.54) is 0 Å². The van der Waals surface area contributed by atoms with Crippen molar-refractivity contribution in [3.63, 3.8) is 0 Å². The predicted molar refractivity (Wildman–Crippen MR) is 70.0 cm³/mol. The highest BCUT2D eigenvalue weighted by molar-refractivity contribution is 6.31. The molecule has 0 aliphatic carbocycles. The van der Waals surface area contributed by atoms with Crippen LogP contribution in [0.1, 0.15) is 32.3 Å². The number of hydrogen-bond donors (Lipinski definition) is 2. The molecule has 2 N–H and O–H groups in total. The van der Waals surface area contributed by atoms with Crippen LogP contribution in [0.25, 0.3) is 0 Å². The molecule has 1 heterocycles. The number of anilines is 1. The Labute approximate surface area is 103 Å². The topological polar surface area (TPSA) is 37.0 Å². The van der Waals surface area contributed by atoms with E-state index in [1.54, 1.807) is 6.20 Å². The van der Waals surface area contributed by atoms with Gasteiger partial charge >= 0.3 is 0 Å². The van der Waals surface area contributed by atoms with Gasteiger partial charge in [0.25, 0.3) is 0 Å². The highest BCUT2D eigenvalue weighted by atomic mass is 35.5. The molecule has 0 saturated heterocycles. The third-order valence-electron chi connectivity index (χ3n) is 2.23. The van der Waals surface area contributed by atoms with E-state index in [0.717, 1.165) is 48.9 Å². The van der Waals surface area contributed by atoms with E-state index < -0.39 is 0 Å². The molecule has 1 aromatic heterocycles. The van der Waals surface area contributed by atoms with E-state index in [4.69, 9.17) is 11.6 Å². The van der Waals surface area contributed by atoms with Gasteiger partial charge in [0.2, 0.25) is 0 Å². The Bertz CT molecular complexity index is 315. The van der Waals surface area contributed by atoms with Crippen molar-refractivity contribution in [1.29, 1.82) is 0 Å². The van der Waals surface area contributed by atoms with Crippen molar-refractivity contribution in [2.24, 2.45) is 0 Å². The monoisotopic (exact) mass is 241 g/mol. The van der Waals surface area contributed by atoms with E-state index in [0.29, 0.717) is 0 Å². The van der Waals surface area contributed by atoms with Crippen molar-refractivity contribution in [1.82, 2.24) is 10.3 Å². The third kappa shape index (κ3) is 4.37. The third-order valence-corrected chi connectivity index (χ3v) is 2.57. The normalized spacial score (nSPS) is 10.4. The van der Waals surface area contributed by atoms with Crippen molar-refractivity contribution in [3.8, 4) is 0 Å². The van der Waals surface area contributed by atoms with Crippen LogP contribution >= 0.6 is 11.6 Å². The van der Waals surface area contributed by atoms with Gasteiger partial charge in [-0.15, -0.1) is 0 Å². The Balaban J connectivity index is 2.59. The van der Waals surface area contributed by atoms with Gasteiger partial charge in [0.1, 0.15) is 5.82 Å². The van der Waals surface area contributed by atoms with E-state index in [1.807, 2.05) is 6.07 Å². The lowest BCUT2D eigenvalue weighted by Crippen LogP contribution is -2.14. The van der Waals surface area contributed by atoms with Crippen molar-refractivity contribution in [3.05, 3.63) is 22.8 Å². The molecule has 0 saturated carbocycles. The van der Waals surface area contributed by atoms with Crippen LogP contribution in [0.4, 0.5) is 5.82 Å². The summed E-state index contributed by atoms with van der Waals surface area (Å²) in [4.78, 5) is 4.23. The summed E-state index contributed by atoms with van der Waals surface area (Å²) in [6, 6.07) is 2.01. The number of aromatic nitrogens is 1. The maximum Gasteiger partial charge on any atom is 0.126 e. The number of halogens is 1. The highest BCUT2D eigenvalue weighted by Crippen LogP contribution is 2.17. The van der Waals surface area contributed by atoms with Crippen LogP contribution in [0, 0.1) is 0 Å². The van der Waals surface area contributed by atoms with Crippen molar-refractivity contribution in [2.45, 2.75) is 33.2 Å². The zero-order valence-corrected chi connectivity index (χ0v) is 10.8. The number of hydrogen-bond acceptors (Lipinski definition) is 3. The number of pyridine rings is 1. The van der Waals surface area contributed by atoms with Gasteiger partial charge in [-0.3, -0.25) is 0 Å². The average Bonchev–Trinajstić information content (AvgIpc) is 2.30. The second-order valence-corrected chi connectivity index (χ2v) is 4.17. The zero-order chi connectivity index (χ0) is 11.8. The molecule has 0 aliphatic heterocycles. The van der Waals surface area contributed by atoms with Crippen molar-refractivity contribution < 1.29 is 0 Å². The Morgan fingerprint density at radius 2 is 2.00 bits per heavy atom. The first-order valence-corrected chi connectivity index (χ1v) is 6.24. The van der Waals surface area contributed by atoms with E-state index in [-0.39, 0.29) is 0 Å². The van der Waals surface area contributed by atoms with Gasteiger partial charge in [-0.2, -0.15) is 0 Å². The first-order chi connectivity index (χ1) is 7.77. The molecule has 0 unspecified atom stereocenters. The summed E-state index contributed by atoms with van der Waals surface area (Å²) in [5.41, 5.74) is 1.10. The molecule has 0 spiro atoms. The van der Waals surface area contributed by atoms with E-state index >= 15 is 0 Å². The Morgan fingerprint density at radius 1 is 1.25 bits per heavy atom. The van der Waals surface area contributed by atoms with Gasteiger partial charge in [-0.1, -0.05) is 25.4 Å². The first-order valence-electron chi connectivity index (χ1n) is 5.87. The maximum atomic E-state index is 6.08. The fourth-order valence-corrected chi connectivity index (χ4v) is 1.54. The van der Waals surface area contributed by atoms with Crippen LogP contribution in [0.15, 0.2) is 12.3 Å². The van der Waals surface area contributed by atoms with Crippen LogP contribution in [0.3, 0.4) is 0 Å². The minimum atomic E-state index is 0.727. The zero-order valence-electron chi connectivity index (χ0n) is 10.0. The molecule has 0 fully saturated rings. The van der Waals surface area contributed by atoms with Crippen molar-refractivity contribution >= 4 is 17.4 Å². The number of nitrogens with one attached hydrogen (secondary N) is 2. The molecule has 0 bridgehead atoms. The second-order valence-electron chi connectivity index (χ2n) is 3.76. The second kappa shape index (κ2) is 7.47. The van der Waals surface area contributed by atoms with Gasteiger partial charge in [0.15, 0.2) is 0 Å². The fraction of sp³-hybridized carbons (Fsp3) is 0.583. The van der Waals surface area contributed by atoms with Gasteiger partial charge in [0, 0.05) is 19.3 Å². The Morgan fingerprint density at radius 3 is 2.69 bits per heavy atom. The minimum absolute atomic E-state index is 0.727. The minimum Gasteiger partial charge on any atom is -0.370 e.